The van der Waals surface area contributed by atoms with Crippen LogP contribution >= 0.6 is 0 Å². The molecule has 1 aromatic carbocycles. The number of rotatable bonds is 3. The second kappa shape index (κ2) is 5.84. The number of carbonyl (C=O) groups excluding carboxylic acids is 2. The molecule has 3 atom stereocenters. The van der Waals surface area contributed by atoms with Crippen molar-refractivity contribution >= 4 is 12.4 Å². The van der Waals surface area contributed by atoms with Crippen molar-refractivity contribution in [3.05, 3.63) is 35.9 Å². The minimum atomic E-state index is -0.681. The Morgan fingerprint density at radius 3 is 2.79 bits per heavy atom. The Bertz CT molecular complexity index is 448. The molecule has 0 aromatic heterocycles. The Hall–Kier alpha value is -1.88. The first-order valence-corrected chi connectivity index (χ1v) is 6.24. The summed E-state index contributed by atoms with van der Waals surface area (Å²) in [6, 6.07) is 8.70. The first kappa shape index (κ1) is 13.5. The number of ether oxygens (including phenoxy) is 1. The van der Waals surface area contributed by atoms with Gasteiger partial charge >= 0.3 is 6.09 Å². The molecule has 0 bridgehead atoms. The van der Waals surface area contributed by atoms with Crippen LogP contribution in [0.3, 0.4) is 0 Å². The summed E-state index contributed by atoms with van der Waals surface area (Å²) in [5, 5.41) is 9.70. The average molecular weight is 263 g/mol. The topological polar surface area (TPSA) is 66.8 Å². The highest BCUT2D eigenvalue weighted by atomic mass is 16.6. The molecule has 1 amide bonds. The minimum Gasteiger partial charge on any atom is -0.445 e. The van der Waals surface area contributed by atoms with E-state index >= 15 is 0 Å². The summed E-state index contributed by atoms with van der Waals surface area (Å²) in [6.07, 6.45) is -0.561. The molecule has 5 heteroatoms. The van der Waals surface area contributed by atoms with Gasteiger partial charge < -0.3 is 14.6 Å². The van der Waals surface area contributed by atoms with Crippen LogP contribution in [0.15, 0.2) is 30.3 Å². The van der Waals surface area contributed by atoms with E-state index in [1.807, 2.05) is 30.3 Å². The number of carbonyl (C=O) groups is 2. The molecule has 1 fully saturated rings. The van der Waals surface area contributed by atoms with E-state index in [9.17, 15) is 14.7 Å². The molecule has 19 heavy (non-hydrogen) atoms. The van der Waals surface area contributed by atoms with Crippen LogP contribution in [0.5, 0.6) is 0 Å². The van der Waals surface area contributed by atoms with Crippen LogP contribution in [0.2, 0.25) is 0 Å². The third-order valence-electron chi connectivity index (χ3n) is 3.47. The number of β-amino-alcohol motifs (C(OH)–C–C–N with tert-alkyl or cyclic N) is 1. The molecule has 102 valence electrons. The number of likely N-dealkylation sites (tertiary alicyclic amines) is 1. The first-order valence-electron chi connectivity index (χ1n) is 6.24. The normalized spacial score (nSPS) is 26.2. The van der Waals surface area contributed by atoms with Crippen LogP contribution < -0.4 is 0 Å². The standard InChI is InChI=1S/C14H17NO4/c1-10-12(8-16)15(7-13(10)17)14(18)19-9-11-5-3-2-4-6-11/h2-6,8,10,12-13,17H,7,9H2,1H3/t10-,12-,13+/m1/s1. The highest BCUT2D eigenvalue weighted by Crippen LogP contribution is 2.24. The van der Waals surface area contributed by atoms with Gasteiger partial charge in [0.15, 0.2) is 0 Å². The summed E-state index contributed by atoms with van der Waals surface area (Å²) in [5.74, 6) is -0.262. The maximum absolute atomic E-state index is 11.9. The predicted octanol–water partition coefficient (Wildman–Crippen LogP) is 1.20. The van der Waals surface area contributed by atoms with E-state index in [2.05, 4.69) is 0 Å². The van der Waals surface area contributed by atoms with Crippen LogP contribution in [0.4, 0.5) is 4.79 Å². The second-order valence-electron chi connectivity index (χ2n) is 4.75. The summed E-state index contributed by atoms with van der Waals surface area (Å²) in [5.41, 5.74) is 0.881. The molecule has 0 unspecified atom stereocenters. The molecule has 0 aliphatic carbocycles. The molecule has 0 spiro atoms. The number of aldehydes is 1. The Balaban J connectivity index is 1.95. The lowest BCUT2D eigenvalue weighted by Gasteiger charge is -2.21. The van der Waals surface area contributed by atoms with E-state index < -0.39 is 18.2 Å². The Morgan fingerprint density at radius 1 is 1.47 bits per heavy atom. The number of aliphatic hydroxyl groups is 1. The zero-order valence-corrected chi connectivity index (χ0v) is 10.7. The number of aliphatic hydroxyl groups excluding tert-OH is 1. The molecule has 1 aromatic rings. The molecule has 2 rings (SSSR count). The molecule has 1 aliphatic heterocycles. The van der Waals surface area contributed by atoms with Gasteiger partial charge in [-0.3, -0.25) is 4.90 Å². The van der Waals surface area contributed by atoms with Crippen molar-refractivity contribution in [1.29, 1.82) is 0 Å². The molecule has 1 saturated heterocycles. The second-order valence-corrected chi connectivity index (χ2v) is 4.75. The van der Waals surface area contributed by atoms with Crippen molar-refractivity contribution in [2.45, 2.75) is 25.7 Å². The van der Waals surface area contributed by atoms with Crippen LogP contribution in [0, 0.1) is 5.92 Å². The van der Waals surface area contributed by atoms with E-state index in [1.165, 1.54) is 4.90 Å². The van der Waals surface area contributed by atoms with Crippen molar-refractivity contribution in [3.63, 3.8) is 0 Å². The monoisotopic (exact) mass is 263 g/mol. The fourth-order valence-corrected chi connectivity index (χ4v) is 2.20. The molecule has 0 saturated carbocycles. The maximum atomic E-state index is 11.9. The average Bonchev–Trinajstić information content (AvgIpc) is 2.73. The molecular weight excluding hydrogens is 246 g/mol. The van der Waals surface area contributed by atoms with Gasteiger partial charge in [-0.2, -0.15) is 0 Å². The Kier molecular flexibility index (Phi) is 4.16. The van der Waals surface area contributed by atoms with Crippen LogP contribution in [0.1, 0.15) is 12.5 Å². The van der Waals surface area contributed by atoms with Gasteiger partial charge in [-0.05, 0) is 5.56 Å². The van der Waals surface area contributed by atoms with E-state index in [1.54, 1.807) is 6.92 Å². The molecule has 1 aliphatic rings. The lowest BCUT2D eigenvalue weighted by atomic mass is 10.0. The highest BCUT2D eigenvalue weighted by Gasteiger charge is 2.41. The fourth-order valence-electron chi connectivity index (χ4n) is 2.20. The summed E-state index contributed by atoms with van der Waals surface area (Å²) in [6.45, 7) is 2.04. The van der Waals surface area contributed by atoms with Crippen LogP contribution in [-0.4, -0.2) is 41.1 Å². The van der Waals surface area contributed by atoms with Gasteiger partial charge in [-0.15, -0.1) is 0 Å². The third-order valence-corrected chi connectivity index (χ3v) is 3.47. The van der Waals surface area contributed by atoms with Crippen molar-refractivity contribution in [2.75, 3.05) is 6.54 Å². The van der Waals surface area contributed by atoms with Crippen LogP contribution in [0.25, 0.3) is 0 Å². The molecule has 0 radical (unpaired) electrons. The van der Waals surface area contributed by atoms with E-state index in [-0.39, 0.29) is 19.1 Å². The van der Waals surface area contributed by atoms with Crippen molar-refractivity contribution in [2.24, 2.45) is 5.92 Å². The SMILES string of the molecule is C[C@@H]1[C@@H](C=O)N(C(=O)OCc2ccccc2)C[C@@H]1O. The summed E-state index contributed by atoms with van der Waals surface area (Å²) in [4.78, 5) is 24.2. The zero-order valence-electron chi connectivity index (χ0n) is 10.7. The van der Waals surface area contributed by atoms with Crippen molar-refractivity contribution < 1.29 is 19.4 Å². The number of hydrogen-bond acceptors (Lipinski definition) is 4. The number of nitrogens with zero attached hydrogens (tertiary/aromatic N) is 1. The number of amides is 1. The van der Waals surface area contributed by atoms with Gasteiger partial charge in [0, 0.05) is 5.92 Å². The van der Waals surface area contributed by atoms with Crippen molar-refractivity contribution in [3.8, 4) is 0 Å². The number of benzene rings is 1. The summed E-state index contributed by atoms with van der Waals surface area (Å²) in [7, 11) is 0. The first-order chi connectivity index (χ1) is 9.13. The molecule has 1 heterocycles. The minimum absolute atomic E-state index is 0.137. The van der Waals surface area contributed by atoms with E-state index in [0.29, 0.717) is 6.29 Å². The van der Waals surface area contributed by atoms with Gasteiger partial charge in [-0.1, -0.05) is 37.3 Å². The largest absolute Gasteiger partial charge is 0.445 e. The van der Waals surface area contributed by atoms with E-state index in [0.717, 1.165) is 5.56 Å². The summed E-state index contributed by atoms with van der Waals surface area (Å²) < 4.78 is 5.16. The molecule has 5 nitrogen and oxygen atoms in total. The smallest absolute Gasteiger partial charge is 0.410 e. The van der Waals surface area contributed by atoms with Gasteiger partial charge in [0.1, 0.15) is 12.9 Å². The highest BCUT2D eigenvalue weighted by molar-refractivity contribution is 5.74. The van der Waals surface area contributed by atoms with Crippen LogP contribution in [-0.2, 0) is 16.1 Å². The predicted molar refractivity (Wildman–Crippen MR) is 68.4 cm³/mol. The Labute approximate surface area is 111 Å². The maximum Gasteiger partial charge on any atom is 0.410 e. The van der Waals surface area contributed by atoms with Gasteiger partial charge in [0.05, 0.1) is 18.7 Å². The lowest BCUT2D eigenvalue weighted by Crippen LogP contribution is -2.38. The third kappa shape index (κ3) is 2.93. The fraction of sp³-hybridized carbons (Fsp3) is 0.429. The van der Waals surface area contributed by atoms with E-state index in [4.69, 9.17) is 4.74 Å². The molecular formula is C14H17NO4. The Morgan fingerprint density at radius 2 is 2.16 bits per heavy atom. The lowest BCUT2D eigenvalue weighted by molar-refractivity contribution is -0.112. The van der Waals surface area contributed by atoms with Gasteiger partial charge in [-0.25, -0.2) is 4.79 Å². The van der Waals surface area contributed by atoms with Gasteiger partial charge in [0.25, 0.3) is 0 Å². The molecule has 1 N–H and O–H groups in total. The summed E-state index contributed by atoms with van der Waals surface area (Å²) >= 11 is 0. The van der Waals surface area contributed by atoms with Gasteiger partial charge in [0.2, 0.25) is 0 Å². The van der Waals surface area contributed by atoms with Crippen molar-refractivity contribution in [1.82, 2.24) is 4.90 Å². The zero-order chi connectivity index (χ0) is 13.8. The quantitative estimate of drug-likeness (QED) is 0.832. The number of hydrogen-bond donors (Lipinski definition) is 1.